The van der Waals surface area contributed by atoms with Crippen LogP contribution in [0.2, 0.25) is 10.0 Å². The number of hydrazone groups is 1. The van der Waals surface area contributed by atoms with E-state index in [9.17, 15) is 14.4 Å². The molecule has 0 aliphatic heterocycles. The van der Waals surface area contributed by atoms with Gasteiger partial charge in [-0.05, 0) is 49.4 Å². The van der Waals surface area contributed by atoms with E-state index in [2.05, 4.69) is 26.1 Å². The van der Waals surface area contributed by atoms with Gasteiger partial charge in [-0.25, -0.2) is 10.4 Å². The summed E-state index contributed by atoms with van der Waals surface area (Å²) in [5.41, 5.74) is 4.33. The molecule has 0 unspecified atom stereocenters. The number of imidazole rings is 1. The molecule has 4 rings (SSSR count). The second-order valence-electron chi connectivity index (χ2n) is 7.27. The zero-order chi connectivity index (χ0) is 24.9. The molecule has 0 fully saturated rings. The number of benzene rings is 1. The summed E-state index contributed by atoms with van der Waals surface area (Å²) in [6.45, 7) is 1.70. The highest BCUT2D eigenvalue weighted by atomic mass is 35.5. The van der Waals surface area contributed by atoms with Crippen LogP contribution >= 0.6 is 23.2 Å². The standard InChI is InChI=1S/C23H18Cl2N6O4/c1-13-20(31-7-3-2-4-19(31)28-13)21(32)30-27-12-18-6-5-17(35-18)11-26-22(33)23(34)29-16-9-14(24)8-15(25)10-16/h2-10,12H,11H2,1H3,(H,26,33)(H,29,34)(H,30,32)/b27-12+. The number of hydrogen-bond donors (Lipinski definition) is 3. The molecule has 1 aromatic carbocycles. The molecule has 0 spiro atoms. The van der Waals surface area contributed by atoms with Crippen LogP contribution in [0.15, 0.2) is 64.2 Å². The van der Waals surface area contributed by atoms with E-state index in [0.717, 1.165) is 0 Å². The smallest absolute Gasteiger partial charge is 0.313 e. The van der Waals surface area contributed by atoms with E-state index in [-0.39, 0.29) is 6.54 Å². The molecule has 35 heavy (non-hydrogen) atoms. The average Bonchev–Trinajstić information content (AvgIpc) is 3.39. The lowest BCUT2D eigenvalue weighted by molar-refractivity contribution is -0.136. The minimum absolute atomic E-state index is 0.0379. The van der Waals surface area contributed by atoms with E-state index < -0.39 is 17.7 Å². The monoisotopic (exact) mass is 512 g/mol. The van der Waals surface area contributed by atoms with Crippen molar-refractivity contribution in [1.82, 2.24) is 20.1 Å². The quantitative estimate of drug-likeness (QED) is 0.206. The van der Waals surface area contributed by atoms with E-state index in [1.165, 1.54) is 24.4 Å². The minimum Gasteiger partial charge on any atom is -0.458 e. The highest BCUT2D eigenvalue weighted by Gasteiger charge is 2.16. The molecule has 3 amide bonds. The zero-order valence-electron chi connectivity index (χ0n) is 18.2. The SMILES string of the molecule is Cc1nc2ccccn2c1C(=O)N/N=C/c1ccc(CNC(=O)C(=O)Nc2cc(Cl)cc(Cl)c2)o1. The largest absolute Gasteiger partial charge is 0.458 e. The Morgan fingerprint density at radius 2 is 1.86 bits per heavy atom. The van der Waals surface area contributed by atoms with Crippen molar-refractivity contribution in [2.75, 3.05) is 5.32 Å². The van der Waals surface area contributed by atoms with Crippen LogP contribution in [-0.4, -0.2) is 33.3 Å². The molecule has 3 N–H and O–H groups in total. The normalized spacial score (nSPS) is 11.1. The summed E-state index contributed by atoms with van der Waals surface area (Å²) >= 11 is 11.8. The first-order valence-corrected chi connectivity index (χ1v) is 11.0. The van der Waals surface area contributed by atoms with Crippen LogP contribution in [0.4, 0.5) is 5.69 Å². The number of aryl methyl sites for hydroxylation is 1. The fourth-order valence-electron chi connectivity index (χ4n) is 3.21. The Hall–Kier alpha value is -4.15. The molecule has 178 valence electrons. The lowest BCUT2D eigenvalue weighted by atomic mass is 10.3. The molecule has 3 aromatic heterocycles. The maximum atomic E-state index is 12.5. The van der Waals surface area contributed by atoms with Gasteiger partial charge in [-0.15, -0.1) is 0 Å². The summed E-state index contributed by atoms with van der Waals surface area (Å²) in [4.78, 5) is 41.0. The highest BCUT2D eigenvalue weighted by molar-refractivity contribution is 6.40. The van der Waals surface area contributed by atoms with Crippen LogP contribution in [-0.2, 0) is 16.1 Å². The van der Waals surface area contributed by atoms with Crippen molar-refractivity contribution in [3.63, 3.8) is 0 Å². The first-order chi connectivity index (χ1) is 16.8. The number of anilines is 1. The van der Waals surface area contributed by atoms with Crippen LogP contribution in [0.3, 0.4) is 0 Å². The molecule has 12 heteroatoms. The number of amides is 3. The summed E-state index contributed by atoms with van der Waals surface area (Å²) in [5.74, 6) is -1.47. The highest BCUT2D eigenvalue weighted by Crippen LogP contribution is 2.22. The van der Waals surface area contributed by atoms with Crippen LogP contribution in [0.25, 0.3) is 5.65 Å². The molecule has 0 atom stereocenters. The molecule has 10 nitrogen and oxygen atoms in total. The zero-order valence-corrected chi connectivity index (χ0v) is 19.7. The Kier molecular flexibility index (Phi) is 7.14. The van der Waals surface area contributed by atoms with Gasteiger partial charge in [-0.2, -0.15) is 5.10 Å². The topological polar surface area (TPSA) is 130 Å². The fraction of sp³-hybridized carbons (Fsp3) is 0.0870. The van der Waals surface area contributed by atoms with E-state index in [1.54, 1.807) is 41.8 Å². The van der Waals surface area contributed by atoms with E-state index >= 15 is 0 Å². The van der Waals surface area contributed by atoms with Crippen LogP contribution in [0.1, 0.15) is 27.7 Å². The fourth-order valence-corrected chi connectivity index (χ4v) is 3.74. The van der Waals surface area contributed by atoms with Crippen LogP contribution in [0, 0.1) is 6.92 Å². The molecule has 0 bridgehead atoms. The molecule has 0 aliphatic carbocycles. The third kappa shape index (κ3) is 5.86. The van der Waals surface area contributed by atoms with Crippen molar-refractivity contribution >= 4 is 58.5 Å². The number of halogens is 2. The first-order valence-electron chi connectivity index (χ1n) is 10.2. The molecular formula is C23H18Cl2N6O4. The lowest BCUT2D eigenvalue weighted by Gasteiger charge is -2.06. The predicted molar refractivity (Wildman–Crippen MR) is 131 cm³/mol. The molecular weight excluding hydrogens is 495 g/mol. The van der Waals surface area contributed by atoms with Crippen molar-refractivity contribution < 1.29 is 18.8 Å². The Labute approximate surface area is 208 Å². The number of aromatic nitrogens is 2. The molecule has 4 aromatic rings. The minimum atomic E-state index is -0.887. The van der Waals surface area contributed by atoms with Crippen LogP contribution < -0.4 is 16.1 Å². The number of nitrogens with one attached hydrogen (secondary N) is 3. The van der Waals surface area contributed by atoms with Gasteiger partial charge in [0.05, 0.1) is 18.5 Å². The van der Waals surface area contributed by atoms with Gasteiger partial charge in [0, 0.05) is 21.9 Å². The molecule has 3 heterocycles. The summed E-state index contributed by atoms with van der Waals surface area (Å²) in [6, 6.07) is 13.1. The Morgan fingerprint density at radius 3 is 2.63 bits per heavy atom. The second-order valence-corrected chi connectivity index (χ2v) is 8.15. The summed E-state index contributed by atoms with van der Waals surface area (Å²) in [5, 5.41) is 9.41. The number of nitrogens with zero attached hydrogens (tertiary/aromatic N) is 3. The number of pyridine rings is 1. The van der Waals surface area contributed by atoms with Gasteiger partial charge in [0.15, 0.2) is 0 Å². The molecule has 0 radical (unpaired) electrons. The van der Waals surface area contributed by atoms with Gasteiger partial charge in [0.2, 0.25) is 0 Å². The summed E-state index contributed by atoms with van der Waals surface area (Å²) in [7, 11) is 0. The summed E-state index contributed by atoms with van der Waals surface area (Å²) in [6.07, 6.45) is 3.06. The number of rotatable bonds is 6. The van der Waals surface area contributed by atoms with Crippen LogP contribution in [0.5, 0.6) is 0 Å². The van der Waals surface area contributed by atoms with Crippen molar-refractivity contribution in [3.05, 3.63) is 87.7 Å². The number of carbonyl (C=O) groups excluding carboxylic acids is 3. The number of carbonyl (C=O) groups is 3. The van der Waals surface area contributed by atoms with Crippen molar-refractivity contribution in [2.24, 2.45) is 5.10 Å². The van der Waals surface area contributed by atoms with Crippen molar-refractivity contribution in [3.8, 4) is 0 Å². The Morgan fingerprint density at radius 1 is 1.09 bits per heavy atom. The molecule has 0 saturated carbocycles. The van der Waals surface area contributed by atoms with Gasteiger partial charge >= 0.3 is 11.8 Å². The number of hydrogen-bond acceptors (Lipinski definition) is 6. The van der Waals surface area contributed by atoms with Gasteiger partial charge in [-0.3, -0.25) is 18.8 Å². The molecule has 0 aliphatic rings. The summed E-state index contributed by atoms with van der Waals surface area (Å²) < 4.78 is 7.20. The van der Waals surface area contributed by atoms with Gasteiger partial charge in [0.1, 0.15) is 22.9 Å². The number of fused-ring (bicyclic) bond motifs is 1. The average molecular weight is 513 g/mol. The van der Waals surface area contributed by atoms with E-state index in [0.29, 0.717) is 44.3 Å². The lowest BCUT2D eigenvalue weighted by Crippen LogP contribution is -2.34. The number of furan rings is 1. The first kappa shape index (κ1) is 24.0. The maximum Gasteiger partial charge on any atom is 0.313 e. The maximum absolute atomic E-state index is 12.5. The van der Waals surface area contributed by atoms with Gasteiger partial charge in [-0.1, -0.05) is 29.3 Å². The van der Waals surface area contributed by atoms with E-state index in [4.69, 9.17) is 27.6 Å². The third-order valence-corrected chi connectivity index (χ3v) is 5.15. The van der Waals surface area contributed by atoms with Gasteiger partial charge < -0.3 is 15.1 Å². The third-order valence-electron chi connectivity index (χ3n) is 4.71. The second kappa shape index (κ2) is 10.4. The Balaban J connectivity index is 1.29. The molecule has 0 saturated heterocycles. The van der Waals surface area contributed by atoms with E-state index in [1.807, 2.05) is 6.07 Å². The van der Waals surface area contributed by atoms with Crippen molar-refractivity contribution in [2.45, 2.75) is 13.5 Å². The van der Waals surface area contributed by atoms with Crippen molar-refractivity contribution in [1.29, 1.82) is 0 Å². The van der Waals surface area contributed by atoms with Gasteiger partial charge in [0.25, 0.3) is 5.91 Å². The predicted octanol–water partition coefficient (Wildman–Crippen LogP) is 3.56. The Bertz CT molecular complexity index is 1440.